The third kappa shape index (κ3) is 2.40. The zero-order valence-corrected chi connectivity index (χ0v) is 9.17. The monoisotopic (exact) mass is 287 g/mol. The van der Waals surface area contributed by atoms with Gasteiger partial charge in [-0.25, -0.2) is 0 Å². The minimum Gasteiger partial charge on any atom is -0.326 e. The van der Waals surface area contributed by atoms with E-state index in [0.29, 0.717) is 0 Å². The Kier molecular flexibility index (Phi) is 3.44. The lowest BCUT2D eigenvalue weighted by molar-refractivity contribution is -0.138. The Morgan fingerprint density at radius 1 is 1.36 bits per heavy atom. The van der Waals surface area contributed by atoms with Crippen molar-refractivity contribution < 1.29 is 13.2 Å². The first-order valence-electron chi connectivity index (χ1n) is 3.61. The largest absolute Gasteiger partial charge is 0.416 e. The summed E-state index contributed by atoms with van der Waals surface area (Å²) in [5.74, 6) is 0. The molecule has 0 aliphatic carbocycles. The first-order valence-corrected chi connectivity index (χ1v) is 4.78. The molecule has 1 rings (SSSR count). The van der Waals surface area contributed by atoms with Gasteiger partial charge in [-0.3, -0.25) is 0 Å². The van der Waals surface area contributed by atoms with Gasteiger partial charge in [0.25, 0.3) is 0 Å². The van der Waals surface area contributed by atoms with E-state index < -0.39 is 11.7 Å². The molecule has 0 saturated heterocycles. The molecule has 2 N–H and O–H groups in total. The summed E-state index contributed by atoms with van der Waals surface area (Å²) in [6.07, 6.45) is -4.40. The third-order valence-electron chi connectivity index (χ3n) is 1.67. The minimum atomic E-state index is -4.40. The van der Waals surface area contributed by atoms with Crippen molar-refractivity contribution >= 4 is 27.5 Å². The van der Waals surface area contributed by atoms with E-state index >= 15 is 0 Å². The van der Waals surface area contributed by atoms with Crippen molar-refractivity contribution in [1.29, 1.82) is 0 Å². The summed E-state index contributed by atoms with van der Waals surface area (Å²) in [7, 11) is 0. The number of halogens is 5. The van der Waals surface area contributed by atoms with Crippen LogP contribution >= 0.6 is 27.5 Å². The predicted octanol–water partition coefficient (Wildman–Crippen LogP) is 3.58. The second-order valence-corrected chi connectivity index (χ2v) is 3.89. The van der Waals surface area contributed by atoms with Crippen LogP contribution in [0.3, 0.4) is 0 Å². The van der Waals surface area contributed by atoms with E-state index in [2.05, 4.69) is 15.9 Å². The van der Waals surface area contributed by atoms with Crippen molar-refractivity contribution in [2.75, 3.05) is 0 Å². The molecule has 14 heavy (non-hydrogen) atoms. The summed E-state index contributed by atoms with van der Waals surface area (Å²) in [6.45, 7) is -0.193. The van der Waals surface area contributed by atoms with E-state index in [4.69, 9.17) is 17.3 Å². The van der Waals surface area contributed by atoms with Crippen molar-refractivity contribution in [3.63, 3.8) is 0 Å². The number of nitrogens with two attached hydrogens (primary N) is 1. The van der Waals surface area contributed by atoms with Crippen molar-refractivity contribution in [3.05, 3.63) is 32.8 Å². The van der Waals surface area contributed by atoms with Crippen molar-refractivity contribution in [2.45, 2.75) is 12.7 Å². The summed E-state index contributed by atoms with van der Waals surface area (Å²) >= 11 is 8.57. The first-order chi connectivity index (χ1) is 6.36. The summed E-state index contributed by atoms with van der Waals surface area (Å²) in [5.41, 5.74) is 4.43. The maximum atomic E-state index is 12.4. The molecule has 0 saturated carbocycles. The normalized spacial score (nSPS) is 11.9. The van der Waals surface area contributed by atoms with Crippen molar-refractivity contribution in [3.8, 4) is 0 Å². The average Bonchev–Trinajstić information content (AvgIpc) is 2.07. The fraction of sp³-hybridized carbons (Fsp3) is 0.250. The molecule has 6 heteroatoms. The molecular weight excluding hydrogens is 282 g/mol. The van der Waals surface area contributed by atoms with E-state index in [1.54, 1.807) is 0 Å². The van der Waals surface area contributed by atoms with Gasteiger partial charge in [0.15, 0.2) is 0 Å². The highest BCUT2D eigenvalue weighted by molar-refractivity contribution is 9.10. The molecule has 0 atom stereocenters. The van der Waals surface area contributed by atoms with Gasteiger partial charge in [0.05, 0.1) is 10.6 Å². The average molecular weight is 288 g/mol. The molecule has 0 aromatic heterocycles. The SMILES string of the molecule is NCc1cc(Cl)c(Br)cc1C(F)(F)F. The Bertz CT molecular complexity index is 351. The van der Waals surface area contributed by atoms with E-state index in [1.165, 1.54) is 6.07 Å². The van der Waals surface area contributed by atoms with Gasteiger partial charge in [0.1, 0.15) is 0 Å². The molecule has 0 aliphatic rings. The van der Waals surface area contributed by atoms with E-state index in [9.17, 15) is 13.2 Å². The fourth-order valence-electron chi connectivity index (χ4n) is 1.02. The molecule has 0 unspecified atom stereocenters. The van der Waals surface area contributed by atoms with E-state index in [0.717, 1.165) is 6.07 Å². The molecule has 0 bridgehead atoms. The molecule has 0 fully saturated rings. The third-order valence-corrected chi connectivity index (χ3v) is 2.87. The van der Waals surface area contributed by atoms with Crippen LogP contribution in [-0.2, 0) is 12.7 Å². The molecule has 0 spiro atoms. The zero-order chi connectivity index (χ0) is 10.9. The van der Waals surface area contributed by atoms with Gasteiger partial charge in [-0.05, 0) is 33.6 Å². The Balaban J connectivity index is 3.35. The maximum absolute atomic E-state index is 12.4. The maximum Gasteiger partial charge on any atom is 0.416 e. The lowest BCUT2D eigenvalue weighted by Crippen LogP contribution is -2.12. The summed E-state index contributed by atoms with van der Waals surface area (Å²) < 4.78 is 37.5. The minimum absolute atomic E-state index is 0.00861. The van der Waals surface area contributed by atoms with Gasteiger partial charge in [-0.1, -0.05) is 11.6 Å². The second-order valence-electron chi connectivity index (χ2n) is 2.63. The van der Waals surface area contributed by atoms with Gasteiger partial charge in [-0.2, -0.15) is 13.2 Å². The van der Waals surface area contributed by atoms with Crippen molar-refractivity contribution in [1.82, 2.24) is 0 Å². The van der Waals surface area contributed by atoms with Crippen LogP contribution in [0.1, 0.15) is 11.1 Å². The smallest absolute Gasteiger partial charge is 0.326 e. The fourth-order valence-corrected chi connectivity index (χ4v) is 1.55. The van der Waals surface area contributed by atoms with E-state index in [-0.39, 0.29) is 21.6 Å². The predicted molar refractivity (Wildman–Crippen MR) is 52.0 cm³/mol. The summed E-state index contributed by atoms with van der Waals surface area (Å²) in [4.78, 5) is 0. The van der Waals surface area contributed by atoms with Gasteiger partial charge < -0.3 is 5.73 Å². The standard InChI is InChI=1S/C8H6BrClF3N/c9-6-2-5(8(11,12)13)4(3-14)1-7(6)10/h1-2H,3,14H2. The Labute approximate surface area is 92.2 Å². The molecule has 78 valence electrons. The van der Waals surface area contributed by atoms with Crippen LogP contribution in [0, 0.1) is 0 Å². The lowest BCUT2D eigenvalue weighted by Gasteiger charge is -2.12. The van der Waals surface area contributed by atoms with Crippen LogP contribution in [-0.4, -0.2) is 0 Å². The first kappa shape index (κ1) is 11.8. The Hall–Kier alpha value is -0.260. The van der Waals surface area contributed by atoms with Gasteiger partial charge in [0, 0.05) is 11.0 Å². The van der Waals surface area contributed by atoms with Gasteiger partial charge >= 0.3 is 6.18 Å². The van der Waals surface area contributed by atoms with Crippen LogP contribution in [0.2, 0.25) is 5.02 Å². The number of hydrogen-bond acceptors (Lipinski definition) is 1. The van der Waals surface area contributed by atoms with Gasteiger partial charge in [0.2, 0.25) is 0 Å². The molecular formula is C8H6BrClF3N. The van der Waals surface area contributed by atoms with Crippen LogP contribution < -0.4 is 5.73 Å². The molecule has 1 aromatic carbocycles. The second kappa shape index (κ2) is 4.08. The summed E-state index contributed by atoms with van der Waals surface area (Å²) in [6, 6.07) is 2.15. The number of rotatable bonds is 1. The highest BCUT2D eigenvalue weighted by atomic mass is 79.9. The highest BCUT2D eigenvalue weighted by Crippen LogP contribution is 2.36. The zero-order valence-electron chi connectivity index (χ0n) is 6.83. The van der Waals surface area contributed by atoms with Crippen LogP contribution in [0.15, 0.2) is 16.6 Å². The number of hydrogen-bond donors (Lipinski definition) is 1. The molecule has 0 amide bonds. The lowest BCUT2D eigenvalue weighted by atomic mass is 10.1. The molecule has 0 heterocycles. The van der Waals surface area contributed by atoms with Crippen molar-refractivity contribution in [2.24, 2.45) is 5.73 Å². The van der Waals surface area contributed by atoms with Crippen LogP contribution in [0.25, 0.3) is 0 Å². The highest BCUT2D eigenvalue weighted by Gasteiger charge is 2.33. The van der Waals surface area contributed by atoms with Crippen LogP contribution in [0.5, 0.6) is 0 Å². The molecule has 0 aliphatic heterocycles. The Morgan fingerprint density at radius 3 is 2.36 bits per heavy atom. The molecule has 0 radical (unpaired) electrons. The topological polar surface area (TPSA) is 26.0 Å². The van der Waals surface area contributed by atoms with E-state index in [1.807, 2.05) is 0 Å². The Morgan fingerprint density at radius 2 is 1.93 bits per heavy atom. The molecule has 1 nitrogen and oxygen atoms in total. The molecule has 1 aromatic rings. The van der Waals surface area contributed by atoms with Gasteiger partial charge in [-0.15, -0.1) is 0 Å². The number of benzene rings is 1. The number of alkyl halides is 3. The quantitative estimate of drug-likeness (QED) is 0.840. The summed E-state index contributed by atoms with van der Waals surface area (Å²) in [5, 5.41) is 0.221. The van der Waals surface area contributed by atoms with Crippen LogP contribution in [0.4, 0.5) is 13.2 Å².